The Labute approximate surface area is 672 Å². The van der Waals surface area contributed by atoms with Gasteiger partial charge in [-0.3, -0.25) is 0 Å². The van der Waals surface area contributed by atoms with Crippen LogP contribution in [0.15, 0.2) is 0 Å². The summed E-state index contributed by atoms with van der Waals surface area (Å²) >= 11 is 0. The van der Waals surface area contributed by atoms with Gasteiger partial charge in [0, 0.05) is 50.6 Å². The average Bonchev–Trinajstić information content (AvgIpc) is 1.77. The van der Waals surface area contributed by atoms with E-state index >= 15 is 0 Å². The smallest absolute Gasteiger partial charge is 0.187 e. The van der Waals surface area contributed by atoms with E-state index in [1.54, 1.807) is 0 Å². The van der Waals surface area contributed by atoms with Gasteiger partial charge in [-0.1, -0.05) is 79.1 Å². The molecule has 0 aliphatic carbocycles. The number of unbranched alkanes of at least 4 members (excludes halogenated alkanes) is 8. The van der Waals surface area contributed by atoms with Crippen molar-refractivity contribution in [3.8, 4) is 0 Å². The summed E-state index contributed by atoms with van der Waals surface area (Å²) in [6, 6.07) is 0. The van der Waals surface area contributed by atoms with E-state index in [9.17, 15) is 107 Å². The van der Waals surface area contributed by atoms with Gasteiger partial charge in [-0.15, -0.1) is 0 Å². The van der Waals surface area contributed by atoms with Crippen LogP contribution in [0.1, 0.15) is 118 Å². The van der Waals surface area contributed by atoms with Crippen LogP contribution in [0.25, 0.3) is 0 Å². The Bertz CT molecular complexity index is 2340. The molecule has 0 saturated carbocycles. The van der Waals surface area contributed by atoms with Crippen molar-refractivity contribution in [1.82, 2.24) is 0 Å². The molecule has 0 aromatic rings. The van der Waals surface area contributed by atoms with Crippen LogP contribution >= 0.6 is 0 Å². The number of aliphatic hydroxyl groups excluding tert-OH is 20. The number of ether oxygens (including phenoxy) is 19. The zero-order valence-electron chi connectivity index (χ0n) is 67.1. The molecule has 40 heteroatoms. The van der Waals surface area contributed by atoms with Gasteiger partial charge in [0.1, 0.15) is 134 Å². The molecular weight excluding hydrogens is 1540 g/mol. The van der Waals surface area contributed by atoms with E-state index in [4.69, 9.17) is 90.0 Å². The Morgan fingerprint density at radius 1 is 0.313 bits per heavy atom. The van der Waals surface area contributed by atoms with Crippen molar-refractivity contribution in [3.63, 3.8) is 0 Å². The van der Waals surface area contributed by atoms with Gasteiger partial charge in [0.15, 0.2) is 37.7 Å². The number of aliphatic hydroxyl groups is 21. The standard InChI is InChI=1S/C75H140O40/c1-6-10-14-18-97-29-42(30-98-19-15-11-7-2)33-101-35-44(36-102-34-43(31-99-20-16-12-8-3)32-100-21-17-13-9-4)37-103-38-75(39-104-68-63(93)58(88)65(49(27-80)111-68)114-71-61(91)56(86)53(83)47(25-78)109-71,40-105-69-64(94)59(89)66(50(28-81)112-69)115-72-62(92)57(87)54(84)48(26-79)110-72)41-106-73-67(95)74(5,96)51(22-45(23-76)107-73)113-70-60(90)55(85)52(82)46(24-77)108-70/h42-73,76-96H,6-41H2,1-5H3/t45?,46?,47?,48?,49?,50?,51-,52-,53-,54-,55?,56+,57+,58-,59-,60+,61?,62?,63?,64?,65-,66+,67?,68-,69-,70-,71-,72-,73-,74+,75?/m1/s1. The van der Waals surface area contributed by atoms with Crippen LogP contribution in [0, 0.1) is 23.2 Å². The molecule has 6 saturated heterocycles. The van der Waals surface area contributed by atoms with Crippen molar-refractivity contribution in [2.75, 3.05) is 152 Å². The second kappa shape index (κ2) is 53.5. The van der Waals surface area contributed by atoms with Crippen LogP contribution in [0.5, 0.6) is 0 Å². The maximum Gasteiger partial charge on any atom is 0.187 e. The molecule has 6 heterocycles. The molecule has 6 fully saturated rings. The van der Waals surface area contributed by atoms with Crippen molar-refractivity contribution in [2.24, 2.45) is 23.2 Å². The predicted molar refractivity (Wildman–Crippen MR) is 393 cm³/mol. The molecular formula is C75H140O40. The first kappa shape index (κ1) is 102. The predicted octanol–water partition coefficient (Wildman–Crippen LogP) is -6.60. The molecule has 0 bridgehead atoms. The zero-order chi connectivity index (χ0) is 84.4. The number of hydrogen-bond acceptors (Lipinski definition) is 40. The first-order chi connectivity index (χ1) is 55.2. The van der Waals surface area contributed by atoms with E-state index in [1.165, 1.54) is 0 Å². The van der Waals surface area contributed by atoms with Gasteiger partial charge in [0.2, 0.25) is 0 Å². The highest BCUT2D eigenvalue weighted by Gasteiger charge is 2.57. The molecule has 6 aliphatic rings. The SMILES string of the molecule is CCCCCOCC(COCCCCC)COCC(COCC(COCCCCC)COCCCCC)COCC(CO[C@@H]1OC(CO)[C@@H](O[C@H]2OC(CO)[C@@H](O)[C@H](O)C2O)[C@H](O)C1O)(CO[C@@H]1OC(CO)[C@H](O[C@H]2OC(CO)[C@@H](O)[C@H](O)C2O)[C@H](O)C1O)CO[C@@H]1OC(CO)C[C@@H](O[C@H]2OC(CO)[C@@H](O)C(O)[C@@H]2O)[C@](C)(O)C1O. The summed E-state index contributed by atoms with van der Waals surface area (Å²) in [7, 11) is 0. The van der Waals surface area contributed by atoms with E-state index in [0.717, 1.165) is 84.0 Å². The molecule has 0 amide bonds. The summed E-state index contributed by atoms with van der Waals surface area (Å²) in [5.41, 5.74) is -4.65. The molecule has 680 valence electrons. The average molecular weight is 1680 g/mol. The fourth-order valence-corrected chi connectivity index (χ4v) is 14.0. The first-order valence-corrected chi connectivity index (χ1v) is 40.9. The first-order valence-electron chi connectivity index (χ1n) is 40.9. The minimum absolute atomic E-state index is 0.0275. The quantitative estimate of drug-likeness (QED) is 0.0252. The normalized spacial score (nSPS) is 37.6. The van der Waals surface area contributed by atoms with E-state index in [1.807, 2.05) is 0 Å². The molecule has 40 nitrogen and oxygen atoms in total. The lowest BCUT2D eigenvalue weighted by Crippen LogP contribution is -2.65. The minimum atomic E-state index is -2.57. The maximum absolute atomic E-state index is 12.4. The molecule has 6 aliphatic heterocycles. The van der Waals surface area contributed by atoms with Crippen LogP contribution < -0.4 is 0 Å². The van der Waals surface area contributed by atoms with E-state index in [0.29, 0.717) is 52.9 Å². The number of rotatable bonds is 57. The third-order valence-electron chi connectivity index (χ3n) is 21.4. The molecule has 31 atom stereocenters. The van der Waals surface area contributed by atoms with Gasteiger partial charge in [0.05, 0.1) is 143 Å². The third kappa shape index (κ3) is 30.7. The van der Waals surface area contributed by atoms with Crippen LogP contribution in [0.4, 0.5) is 0 Å². The van der Waals surface area contributed by atoms with E-state index in [-0.39, 0.29) is 44.9 Å². The molecule has 6 rings (SSSR count). The van der Waals surface area contributed by atoms with Crippen LogP contribution in [0.3, 0.4) is 0 Å². The summed E-state index contributed by atoms with van der Waals surface area (Å²) in [5.74, 6) is -1.12. The Balaban J connectivity index is 1.42. The molecule has 0 spiro atoms. The molecule has 0 aromatic carbocycles. The number of hydrogen-bond donors (Lipinski definition) is 21. The van der Waals surface area contributed by atoms with Gasteiger partial charge in [-0.25, -0.2) is 0 Å². The molecule has 21 N–H and O–H groups in total. The van der Waals surface area contributed by atoms with Crippen molar-refractivity contribution in [2.45, 2.75) is 302 Å². The maximum atomic E-state index is 12.4. The highest BCUT2D eigenvalue weighted by atomic mass is 16.8. The van der Waals surface area contributed by atoms with Gasteiger partial charge < -0.3 is 197 Å². The van der Waals surface area contributed by atoms with Crippen LogP contribution in [0.2, 0.25) is 0 Å². The summed E-state index contributed by atoms with van der Waals surface area (Å²) in [4.78, 5) is 0. The monoisotopic (exact) mass is 1680 g/mol. The minimum Gasteiger partial charge on any atom is -0.394 e. The molecule has 13 unspecified atom stereocenters. The molecule has 0 radical (unpaired) electrons. The van der Waals surface area contributed by atoms with Crippen LogP contribution in [-0.2, 0) is 90.0 Å². The Hall–Kier alpha value is -1.60. The van der Waals surface area contributed by atoms with Crippen LogP contribution in [-0.4, -0.2) is 443 Å². The zero-order valence-corrected chi connectivity index (χ0v) is 67.1. The molecule has 115 heavy (non-hydrogen) atoms. The van der Waals surface area contributed by atoms with Crippen molar-refractivity contribution >= 4 is 0 Å². The fraction of sp³-hybridized carbons (Fsp3) is 1.00. The lowest BCUT2D eigenvalue weighted by molar-refractivity contribution is -0.367. The fourth-order valence-electron chi connectivity index (χ4n) is 14.0. The van der Waals surface area contributed by atoms with Gasteiger partial charge in [0.25, 0.3) is 0 Å². The topological polar surface area (TPSA) is 600 Å². The lowest BCUT2D eigenvalue weighted by atomic mass is 9.88. The molecule has 0 aromatic heterocycles. The second-order valence-corrected chi connectivity index (χ2v) is 31.3. The summed E-state index contributed by atoms with van der Waals surface area (Å²) < 4.78 is 116. The van der Waals surface area contributed by atoms with E-state index < -0.39 is 268 Å². The summed E-state index contributed by atoms with van der Waals surface area (Å²) in [6.45, 7) is 3.87. The lowest BCUT2D eigenvalue weighted by Gasteiger charge is -2.47. The third-order valence-corrected chi connectivity index (χ3v) is 21.4. The highest BCUT2D eigenvalue weighted by molar-refractivity contribution is 5.01. The summed E-state index contributed by atoms with van der Waals surface area (Å²) in [5, 5.41) is 232. The van der Waals surface area contributed by atoms with Gasteiger partial charge >= 0.3 is 0 Å². The Morgan fingerprint density at radius 3 is 0.930 bits per heavy atom. The van der Waals surface area contributed by atoms with Crippen molar-refractivity contribution in [1.29, 1.82) is 0 Å². The second-order valence-electron chi connectivity index (χ2n) is 31.3. The van der Waals surface area contributed by atoms with Crippen molar-refractivity contribution in [3.05, 3.63) is 0 Å². The summed E-state index contributed by atoms with van der Waals surface area (Å²) in [6.07, 6.45) is -44.3. The highest BCUT2D eigenvalue weighted by Crippen LogP contribution is 2.39. The van der Waals surface area contributed by atoms with E-state index in [2.05, 4.69) is 27.7 Å². The van der Waals surface area contributed by atoms with Crippen molar-refractivity contribution < 1.29 is 197 Å². The largest absolute Gasteiger partial charge is 0.394 e. The Morgan fingerprint density at radius 2 is 0.609 bits per heavy atom. The van der Waals surface area contributed by atoms with Gasteiger partial charge in [-0.05, 0) is 32.6 Å². The van der Waals surface area contributed by atoms with Gasteiger partial charge in [-0.2, -0.15) is 0 Å². The Kier molecular flexibility index (Phi) is 47.6.